The summed E-state index contributed by atoms with van der Waals surface area (Å²) in [5, 5.41) is 9.99. The summed E-state index contributed by atoms with van der Waals surface area (Å²) in [6, 6.07) is 14.4. The lowest BCUT2D eigenvalue weighted by molar-refractivity contribution is -0.141. The molecule has 0 aliphatic carbocycles. The van der Waals surface area contributed by atoms with Gasteiger partial charge in [0.15, 0.2) is 0 Å². The molecule has 0 aliphatic heterocycles. The third kappa shape index (κ3) is 3.52. The van der Waals surface area contributed by atoms with Crippen molar-refractivity contribution in [2.24, 2.45) is 0 Å². The highest BCUT2D eigenvalue weighted by atomic mass is 16.5. The van der Waals surface area contributed by atoms with Crippen LogP contribution in [0.2, 0.25) is 0 Å². The van der Waals surface area contributed by atoms with Crippen LogP contribution in [0.5, 0.6) is 0 Å². The number of aliphatic hydroxyl groups excluding tert-OH is 1. The first-order valence-electron chi connectivity index (χ1n) is 6.17. The van der Waals surface area contributed by atoms with Crippen LogP contribution in [0.3, 0.4) is 0 Å². The van der Waals surface area contributed by atoms with Gasteiger partial charge in [0, 0.05) is 6.20 Å². The maximum Gasteiger partial charge on any atom is 0.336 e. The van der Waals surface area contributed by atoms with Crippen molar-refractivity contribution in [3.8, 4) is 0 Å². The molecule has 0 bridgehead atoms. The van der Waals surface area contributed by atoms with E-state index in [2.05, 4.69) is 11.6 Å². The second kappa shape index (κ2) is 6.63. The number of benzene rings is 1. The van der Waals surface area contributed by atoms with Gasteiger partial charge in [0.2, 0.25) is 0 Å². The van der Waals surface area contributed by atoms with E-state index in [4.69, 9.17) is 4.74 Å². The van der Waals surface area contributed by atoms with Crippen molar-refractivity contribution in [3.63, 3.8) is 0 Å². The van der Waals surface area contributed by atoms with Gasteiger partial charge < -0.3 is 9.84 Å². The van der Waals surface area contributed by atoms with Crippen molar-refractivity contribution < 1.29 is 14.6 Å². The summed E-state index contributed by atoms with van der Waals surface area (Å²) in [4.78, 5) is 15.8. The molecule has 0 radical (unpaired) electrons. The highest BCUT2D eigenvalue weighted by Crippen LogP contribution is 2.19. The summed E-state index contributed by atoms with van der Waals surface area (Å²) in [7, 11) is 0. The summed E-state index contributed by atoms with van der Waals surface area (Å²) < 4.78 is 5.11. The van der Waals surface area contributed by atoms with Crippen LogP contribution >= 0.6 is 0 Å². The quantitative estimate of drug-likeness (QED) is 0.669. The average Bonchev–Trinajstić information content (AvgIpc) is 2.53. The molecule has 2 rings (SSSR count). The van der Waals surface area contributed by atoms with E-state index < -0.39 is 12.1 Å². The Morgan fingerprint density at radius 3 is 2.55 bits per heavy atom. The third-order valence-corrected chi connectivity index (χ3v) is 2.77. The van der Waals surface area contributed by atoms with Crippen molar-refractivity contribution in [2.75, 3.05) is 0 Å². The monoisotopic (exact) mass is 269 g/mol. The van der Waals surface area contributed by atoms with Gasteiger partial charge in [0.05, 0.1) is 11.3 Å². The number of rotatable bonds is 5. The van der Waals surface area contributed by atoms with Crippen LogP contribution in [0, 0.1) is 0 Å². The maximum atomic E-state index is 11.8. The molecule has 0 fully saturated rings. The first-order chi connectivity index (χ1) is 9.68. The molecule has 0 saturated carbocycles. The molecule has 1 atom stereocenters. The number of pyridine rings is 1. The Morgan fingerprint density at radius 2 is 1.90 bits per heavy atom. The van der Waals surface area contributed by atoms with E-state index in [9.17, 15) is 9.90 Å². The predicted molar refractivity (Wildman–Crippen MR) is 74.6 cm³/mol. The first-order valence-corrected chi connectivity index (χ1v) is 6.17. The fraction of sp³-hybridized carbons (Fsp3) is 0.125. The molecular weight excluding hydrogens is 254 g/mol. The van der Waals surface area contributed by atoms with Gasteiger partial charge in [-0.25, -0.2) is 4.79 Å². The Labute approximate surface area is 117 Å². The van der Waals surface area contributed by atoms with E-state index >= 15 is 0 Å². The van der Waals surface area contributed by atoms with Crippen molar-refractivity contribution in [1.82, 2.24) is 4.98 Å². The van der Waals surface area contributed by atoms with Gasteiger partial charge in [-0.05, 0) is 17.7 Å². The zero-order valence-corrected chi connectivity index (χ0v) is 10.9. The Balaban J connectivity index is 1.94. The standard InChI is InChI=1S/C16H15NO3/c1-12(15(18)14-9-5-6-10-17-14)16(19)20-11-13-7-3-2-4-8-13/h2-10,15,18H,1,11H2. The highest BCUT2D eigenvalue weighted by molar-refractivity contribution is 5.88. The van der Waals surface area contributed by atoms with Gasteiger partial charge in [0.25, 0.3) is 0 Å². The summed E-state index contributed by atoms with van der Waals surface area (Å²) in [6.07, 6.45) is 0.390. The second-order valence-electron chi connectivity index (χ2n) is 4.24. The highest BCUT2D eigenvalue weighted by Gasteiger charge is 2.20. The minimum Gasteiger partial charge on any atom is -0.457 e. The molecule has 1 unspecified atom stereocenters. The second-order valence-corrected chi connectivity index (χ2v) is 4.24. The number of hydrogen-bond acceptors (Lipinski definition) is 4. The molecular formula is C16H15NO3. The smallest absolute Gasteiger partial charge is 0.336 e. The number of carbonyl (C=O) groups is 1. The molecule has 102 valence electrons. The Hall–Kier alpha value is -2.46. The van der Waals surface area contributed by atoms with E-state index in [0.717, 1.165) is 5.56 Å². The van der Waals surface area contributed by atoms with Crippen molar-refractivity contribution in [2.45, 2.75) is 12.7 Å². The van der Waals surface area contributed by atoms with E-state index in [1.807, 2.05) is 30.3 Å². The van der Waals surface area contributed by atoms with E-state index in [0.29, 0.717) is 5.69 Å². The lowest BCUT2D eigenvalue weighted by Gasteiger charge is -2.12. The Kier molecular flexibility index (Phi) is 4.63. The number of nitrogens with zero attached hydrogens (tertiary/aromatic N) is 1. The van der Waals surface area contributed by atoms with Crippen molar-refractivity contribution >= 4 is 5.97 Å². The maximum absolute atomic E-state index is 11.8. The number of aliphatic hydroxyl groups is 1. The number of carbonyl (C=O) groups excluding carboxylic acids is 1. The molecule has 4 nitrogen and oxygen atoms in total. The average molecular weight is 269 g/mol. The van der Waals surface area contributed by atoms with Crippen LogP contribution in [0.4, 0.5) is 0 Å². The number of esters is 1. The number of ether oxygens (including phenoxy) is 1. The Bertz CT molecular complexity index is 581. The molecule has 1 N–H and O–H groups in total. The fourth-order valence-corrected chi connectivity index (χ4v) is 1.64. The first kappa shape index (κ1) is 14.0. The SMILES string of the molecule is C=C(C(=O)OCc1ccccc1)C(O)c1ccccn1. The minimum absolute atomic E-state index is 0.0281. The van der Waals surface area contributed by atoms with Gasteiger partial charge in [-0.3, -0.25) is 4.98 Å². The summed E-state index contributed by atoms with van der Waals surface area (Å²) in [5.41, 5.74) is 1.22. The molecule has 0 aliphatic rings. The van der Waals surface area contributed by atoms with Gasteiger partial charge in [-0.2, -0.15) is 0 Å². The van der Waals surface area contributed by atoms with Gasteiger partial charge in [-0.15, -0.1) is 0 Å². The van der Waals surface area contributed by atoms with Crippen LogP contribution in [-0.2, 0) is 16.1 Å². The zero-order valence-electron chi connectivity index (χ0n) is 10.9. The molecule has 1 heterocycles. The normalized spacial score (nSPS) is 11.7. The topological polar surface area (TPSA) is 59.4 Å². The van der Waals surface area contributed by atoms with Crippen LogP contribution in [0.25, 0.3) is 0 Å². The molecule has 20 heavy (non-hydrogen) atoms. The largest absolute Gasteiger partial charge is 0.457 e. The molecule has 1 aromatic heterocycles. The lowest BCUT2D eigenvalue weighted by atomic mass is 10.1. The van der Waals surface area contributed by atoms with Crippen molar-refractivity contribution in [1.29, 1.82) is 0 Å². The van der Waals surface area contributed by atoms with Crippen LogP contribution in [-0.4, -0.2) is 16.1 Å². The molecule has 0 spiro atoms. The predicted octanol–water partition coefficient (Wildman–Crippen LogP) is 2.41. The Morgan fingerprint density at radius 1 is 1.20 bits per heavy atom. The summed E-state index contributed by atoms with van der Waals surface area (Å²) in [6.45, 7) is 3.73. The van der Waals surface area contributed by atoms with E-state index in [1.54, 1.807) is 24.4 Å². The number of hydrogen-bond donors (Lipinski definition) is 1. The van der Waals surface area contributed by atoms with Gasteiger partial charge in [0.1, 0.15) is 12.7 Å². The molecule has 0 saturated heterocycles. The minimum atomic E-state index is -1.15. The summed E-state index contributed by atoms with van der Waals surface area (Å²) in [5.74, 6) is -0.632. The van der Waals surface area contributed by atoms with E-state index in [1.165, 1.54) is 0 Å². The molecule has 4 heteroatoms. The number of aromatic nitrogens is 1. The van der Waals surface area contributed by atoms with Crippen LogP contribution in [0.1, 0.15) is 17.4 Å². The third-order valence-electron chi connectivity index (χ3n) is 2.77. The molecule has 1 aromatic carbocycles. The van der Waals surface area contributed by atoms with E-state index in [-0.39, 0.29) is 12.2 Å². The fourth-order valence-electron chi connectivity index (χ4n) is 1.64. The zero-order chi connectivity index (χ0) is 14.4. The lowest BCUT2D eigenvalue weighted by Crippen LogP contribution is -2.14. The summed E-state index contributed by atoms with van der Waals surface area (Å²) >= 11 is 0. The van der Waals surface area contributed by atoms with Crippen molar-refractivity contribution in [3.05, 3.63) is 78.1 Å². The molecule has 0 amide bonds. The van der Waals surface area contributed by atoms with Gasteiger partial charge in [-0.1, -0.05) is 43.0 Å². The molecule has 2 aromatic rings. The van der Waals surface area contributed by atoms with Gasteiger partial charge >= 0.3 is 5.97 Å². The van der Waals surface area contributed by atoms with Crippen LogP contribution < -0.4 is 0 Å². The van der Waals surface area contributed by atoms with Crippen LogP contribution in [0.15, 0.2) is 66.9 Å².